The smallest absolute Gasteiger partial charge is 0.223 e. The first kappa shape index (κ1) is 15.4. The normalized spacial score (nSPS) is 26.7. The largest absolute Gasteiger partial charge is 0.373 e. The zero-order chi connectivity index (χ0) is 15.7. The van der Waals surface area contributed by atoms with E-state index in [4.69, 9.17) is 4.74 Å². The van der Waals surface area contributed by atoms with Crippen LogP contribution in [0.5, 0.6) is 0 Å². The number of hydrogen-bond acceptors (Lipinski definition) is 4. The molecule has 3 rings (SSSR count). The molecule has 2 aliphatic rings. The summed E-state index contributed by atoms with van der Waals surface area (Å²) < 4.78 is 42.5. The molecule has 5 nitrogen and oxygen atoms in total. The summed E-state index contributed by atoms with van der Waals surface area (Å²) >= 11 is 0. The highest BCUT2D eigenvalue weighted by molar-refractivity contribution is 7.91. The second-order valence-corrected chi connectivity index (χ2v) is 7.89. The zero-order valence-electron chi connectivity index (χ0n) is 12.1. The third kappa shape index (κ3) is 3.15. The van der Waals surface area contributed by atoms with Gasteiger partial charge in [-0.25, -0.2) is 12.8 Å². The van der Waals surface area contributed by atoms with Gasteiger partial charge in [-0.3, -0.25) is 4.79 Å². The number of nitrogens with zero attached hydrogens (tertiary/aromatic N) is 1. The Balaban J connectivity index is 1.66. The highest BCUT2D eigenvalue weighted by Gasteiger charge is 2.45. The van der Waals surface area contributed by atoms with Crippen molar-refractivity contribution in [2.75, 3.05) is 24.7 Å². The van der Waals surface area contributed by atoms with E-state index in [1.807, 2.05) is 0 Å². The molecule has 0 N–H and O–H groups in total. The van der Waals surface area contributed by atoms with Gasteiger partial charge in [0.15, 0.2) is 9.84 Å². The highest BCUT2D eigenvalue weighted by atomic mass is 32.2. The molecule has 2 fully saturated rings. The Bertz CT molecular complexity index is 676. The number of aryl methyl sites for hydroxylation is 1. The van der Waals surface area contributed by atoms with E-state index in [-0.39, 0.29) is 29.7 Å². The fourth-order valence-corrected chi connectivity index (χ4v) is 4.98. The quantitative estimate of drug-likeness (QED) is 0.823. The van der Waals surface area contributed by atoms with Crippen molar-refractivity contribution in [2.24, 2.45) is 0 Å². The first-order valence-corrected chi connectivity index (χ1v) is 9.13. The number of morpholine rings is 1. The summed E-state index contributed by atoms with van der Waals surface area (Å²) in [6.45, 7) is 0.745. The molecule has 0 bridgehead atoms. The van der Waals surface area contributed by atoms with Gasteiger partial charge < -0.3 is 9.64 Å². The van der Waals surface area contributed by atoms with Crippen LogP contribution < -0.4 is 0 Å². The predicted molar refractivity (Wildman–Crippen MR) is 78.6 cm³/mol. The lowest BCUT2D eigenvalue weighted by Crippen LogP contribution is -2.53. The van der Waals surface area contributed by atoms with E-state index in [1.54, 1.807) is 23.1 Å². The number of carbonyl (C=O) groups is 1. The van der Waals surface area contributed by atoms with Crippen LogP contribution in [0.1, 0.15) is 12.0 Å². The van der Waals surface area contributed by atoms with Crippen LogP contribution in [0.4, 0.5) is 4.39 Å². The topological polar surface area (TPSA) is 63.7 Å². The Hall–Kier alpha value is -1.47. The molecular formula is C15H18FNO4S. The van der Waals surface area contributed by atoms with Crippen molar-refractivity contribution in [3.05, 3.63) is 35.6 Å². The van der Waals surface area contributed by atoms with E-state index in [2.05, 4.69) is 0 Å². The van der Waals surface area contributed by atoms with Crippen LogP contribution in [0.2, 0.25) is 0 Å². The minimum Gasteiger partial charge on any atom is -0.373 e. The van der Waals surface area contributed by atoms with Crippen LogP contribution in [-0.2, 0) is 25.8 Å². The lowest BCUT2D eigenvalue weighted by molar-refractivity contribution is -0.142. The number of fused-ring (bicyclic) bond motifs is 1. The molecule has 0 aromatic heterocycles. The van der Waals surface area contributed by atoms with E-state index < -0.39 is 22.0 Å². The third-order valence-electron chi connectivity index (χ3n) is 4.22. The summed E-state index contributed by atoms with van der Waals surface area (Å²) in [5.74, 6) is -0.519. The van der Waals surface area contributed by atoms with Gasteiger partial charge >= 0.3 is 0 Å². The molecule has 22 heavy (non-hydrogen) atoms. The monoisotopic (exact) mass is 327 g/mol. The molecule has 0 radical (unpaired) electrons. The predicted octanol–water partition coefficient (Wildman–Crippen LogP) is 0.783. The lowest BCUT2D eigenvalue weighted by atomic mass is 10.1. The van der Waals surface area contributed by atoms with Gasteiger partial charge in [-0.05, 0) is 18.1 Å². The van der Waals surface area contributed by atoms with E-state index in [0.29, 0.717) is 25.1 Å². The molecule has 2 heterocycles. The van der Waals surface area contributed by atoms with E-state index in [1.165, 1.54) is 6.07 Å². The summed E-state index contributed by atoms with van der Waals surface area (Å²) in [5, 5.41) is 0. The lowest BCUT2D eigenvalue weighted by Gasteiger charge is -2.36. The summed E-state index contributed by atoms with van der Waals surface area (Å²) in [4.78, 5) is 14.0. The third-order valence-corrected chi connectivity index (χ3v) is 5.91. The van der Waals surface area contributed by atoms with Crippen molar-refractivity contribution in [1.29, 1.82) is 0 Å². The molecule has 2 unspecified atom stereocenters. The Morgan fingerprint density at radius 2 is 2.09 bits per heavy atom. The maximum atomic E-state index is 13.6. The molecule has 0 aliphatic carbocycles. The Labute approximate surface area is 129 Å². The molecule has 1 amide bonds. The Kier molecular flexibility index (Phi) is 4.18. The van der Waals surface area contributed by atoms with Gasteiger partial charge in [0.1, 0.15) is 5.82 Å². The van der Waals surface area contributed by atoms with E-state index in [9.17, 15) is 17.6 Å². The standard InChI is InChI=1S/C15H18FNO4S/c16-12-4-2-1-3-11(12)5-6-15(18)17-7-8-21-14-10-22(19,20)9-13(14)17/h1-4,13-14H,5-10H2. The minimum atomic E-state index is -3.15. The van der Waals surface area contributed by atoms with Crippen LogP contribution in [0.3, 0.4) is 0 Å². The fourth-order valence-electron chi connectivity index (χ4n) is 3.11. The Morgan fingerprint density at radius 3 is 2.86 bits per heavy atom. The molecule has 120 valence electrons. The first-order valence-electron chi connectivity index (χ1n) is 7.31. The van der Waals surface area contributed by atoms with Gasteiger partial charge in [0.2, 0.25) is 5.91 Å². The summed E-state index contributed by atoms with van der Waals surface area (Å²) in [6.07, 6.45) is 0.0631. The Morgan fingerprint density at radius 1 is 1.32 bits per heavy atom. The second kappa shape index (κ2) is 5.96. The highest BCUT2D eigenvalue weighted by Crippen LogP contribution is 2.25. The number of ether oxygens (including phenoxy) is 1. The van der Waals surface area contributed by atoms with Crippen molar-refractivity contribution in [2.45, 2.75) is 25.0 Å². The average molecular weight is 327 g/mol. The van der Waals surface area contributed by atoms with Gasteiger partial charge in [0.25, 0.3) is 0 Å². The van der Waals surface area contributed by atoms with Crippen LogP contribution in [0.15, 0.2) is 24.3 Å². The number of benzene rings is 1. The maximum absolute atomic E-state index is 13.6. The van der Waals surface area contributed by atoms with Crippen molar-refractivity contribution < 1.29 is 22.3 Å². The van der Waals surface area contributed by atoms with Crippen molar-refractivity contribution in [3.63, 3.8) is 0 Å². The summed E-state index contributed by atoms with van der Waals surface area (Å²) in [6, 6.07) is 5.97. The molecule has 0 spiro atoms. The number of halogens is 1. The van der Waals surface area contributed by atoms with Crippen LogP contribution in [0.25, 0.3) is 0 Å². The van der Waals surface area contributed by atoms with Gasteiger partial charge in [-0.1, -0.05) is 18.2 Å². The SMILES string of the molecule is O=C(CCc1ccccc1F)N1CCOC2CS(=O)(=O)CC21. The second-order valence-electron chi connectivity index (χ2n) is 5.73. The van der Waals surface area contributed by atoms with Gasteiger partial charge in [0, 0.05) is 13.0 Å². The summed E-state index contributed by atoms with van der Waals surface area (Å²) in [7, 11) is -3.15. The molecule has 7 heteroatoms. The molecule has 1 aromatic carbocycles. The molecule has 1 aromatic rings. The van der Waals surface area contributed by atoms with Crippen LogP contribution in [0, 0.1) is 5.82 Å². The van der Waals surface area contributed by atoms with Crippen molar-refractivity contribution in [1.82, 2.24) is 4.90 Å². The van der Waals surface area contributed by atoms with Crippen LogP contribution in [-0.4, -0.2) is 56.0 Å². The van der Waals surface area contributed by atoms with Gasteiger partial charge in [-0.2, -0.15) is 0 Å². The van der Waals surface area contributed by atoms with Crippen molar-refractivity contribution >= 4 is 15.7 Å². The molecule has 2 aliphatic heterocycles. The maximum Gasteiger partial charge on any atom is 0.223 e. The van der Waals surface area contributed by atoms with Crippen LogP contribution >= 0.6 is 0 Å². The van der Waals surface area contributed by atoms with Crippen molar-refractivity contribution in [3.8, 4) is 0 Å². The first-order chi connectivity index (χ1) is 10.5. The van der Waals surface area contributed by atoms with Gasteiger partial charge in [0.05, 0.1) is 30.3 Å². The fraction of sp³-hybridized carbons (Fsp3) is 0.533. The van der Waals surface area contributed by atoms with E-state index in [0.717, 1.165) is 0 Å². The number of hydrogen-bond donors (Lipinski definition) is 0. The minimum absolute atomic E-state index is 0.0191. The molecule has 2 saturated heterocycles. The number of sulfone groups is 1. The van der Waals surface area contributed by atoms with Gasteiger partial charge in [-0.15, -0.1) is 0 Å². The number of rotatable bonds is 3. The summed E-state index contributed by atoms with van der Waals surface area (Å²) in [5.41, 5.74) is 0.500. The molecule has 2 atom stereocenters. The number of amides is 1. The zero-order valence-corrected chi connectivity index (χ0v) is 12.9. The number of carbonyl (C=O) groups excluding carboxylic acids is 1. The van der Waals surface area contributed by atoms with E-state index >= 15 is 0 Å². The molecule has 0 saturated carbocycles. The molecular weight excluding hydrogens is 309 g/mol. The average Bonchev–Trinajstić information content (AvgIpc) is 2.79.